The fourth-order valence-corrected chi connectivity index (χ4v) is 3.45. The third-order valence-corrected chi connectivity index (χ3v) is 4.80. The molecule has 114 valence electrons. The van der Waals surface area contributed by atoms with E-state index in [1.807, 2.05) is 30.3 Å². The van der Waals surface area contributed by atoms with Crippen LogP contribution in [0.1, 0.15) is 19.2 Å². The minimum absolute atomic E-state index is 0.643. The van der Waals surface area contributed by atoms with Gasteiger partial charge in [-0.1, -0.05) is 48.2 Å². The fraction of sp³-hybridized carbons (Fsp3) is 0.308. The van der Waals surface area contributed by atoms with Gasteiger partial charge in [-0.05, 0) is 29.0 Å². The first-order valence-corrected chi connectivity index (χ1v) is 8.70. The molecule has 0 aliphatic heterocycles. The Morgan fingerprint density at radius 2 is 2.05 bits per heavy atom. The highest BCUT2D eigenvalue weighted by Crippen LogP contribution is 2.28. The Hall–Kier alpha value is -2.00. The maximum atomic E-state index is 4.16. The SMILES string of the molecule is CCCNc1nnc(SCc2nnnn2-c2ccccc2)s1. The molecule has 9 heteroatoms. The van der Waals surface area contributed by atoms with Crippen LogP contribution in [0.2, 0.25) is 0 Å². The van der Waals surface area contributed by atoms with Gasteiger partial charge in [0, 0.05) is 6.54 Å². The molecule has 3 aromatic rings. The van der Waals surface area contributed by atoms with Crippen molar-refractivity contribution in [3.8, 4) is 5.69 Å². The van der Waals surface area contributed by atoms with Crippen molar-refractivity contribution in [2.75, 3.05) is 11.9 Å². The van der Waals surface area contributed by atoms with Gasteiger partial charge in [-0.3, -0.25) is 0 Å². The van der Waals surface area contributed by atoms with Gasteiger partial charge in [0.1, 0.15) is 0 Å². The van der Waals surface area contributed by atoms with E-state index in [1.54, 1.807) is 27.8 Å². The third-order valence-electron chi connectivity index (χ3n) is 2.79. The van der Waals surface area contributed by atoms with E-state index in [0.717, 1.165) is 33.9 Å². The molecular weight excluding hydrogens is 318 g/mol. The van der Waals surface area contributed by atoms with Crippen LogP contribution in [0.25, 0.3) is 5.69 Å². The zero-order valence-corrected chi connectivity index (χ0v) is 13.6. The van der Waals surface area contributed by atoms with Crippen molar-refractivity contribution in [1.29, 1.82) is 0 Å². The Labute approximate surface area is 136 Å². The molecular formula is C13H15N7S2. The van der Waals surface area contributed by atoms with Crippen molar-refractivity contribution >= 4 is 28.2 Å². The lowest BCUT2D eigenvalue weighted by Gasteiger charge is -2.02. The number of benzene rings is 1. The van der Waals surface area contributed by atoms with Crippen LogP contribution in [0.5, 0.6) is 0 Å². The average molecular weight is 333 g/mol. The molecule has 2 heterocycles. The first-order valence-electron chi connectivity index (χ1n) is 6.89. The molecule has 1 aromatic carbocycles. The van der Waals surface area contributed by atoms with E-state index < -0.39 is 0 Å². The zero-order valence-electron chi connectivity index (χ0n) is 12.0. The van der Waals surface area contributed by atoms with Crippen molar-refractivity contribution in [3.05, 3.63) is 36.2 Å². The highest BCUT2D eigenvalue weighted by Gasteiger charge is 2.11. The lowest BCUT2D eigenvalue weighted by Crippen LogP contribution is -2.01. The Morgan fingerprint density at radius 1 is 1.18 bits per heavy atom. The van der Waals surface area contributed by atoms with Gasteiger partial charge in [-0.2, -0.15) is 4.68 Å². The number of nitrogens with zero attached hydrogens (tertiary/aromatic N) is 6. The Balaban J connectivity index is 1.65. The van der Waals surface area contributed by atoms with Gasteiger partial charge in [0.15, 0.2) is 10.2 Å². The second-order valence-electron chi connectivity index (χ2n) is 4.43. The molecule has 0 fully saturated rings. The molecule has 0 atom stereocenters. The minimum atomic E-state index is 0.643. The van der Waals surface area contributed by atoms with Crippen LogP contribution in [-0.4, -0.2) is 36.9 Å². The second-order valence-corrected chi connectivity index (χ2v) is 6.63. The predicted octanol–water partition coefficient (Wildman–Crippen LogP) is 2.63. The van der Waals surface area contributed by atoms with E-state index in [2.05, 4.69) is 38.0 Å². The first-order chi connectivity index (χ1) is 10.9. The van der Waals surface area contributed by atoms with Gasteiger partial charge in [-0.15, -0.1) is 15.3 Å². The summed E-state index contributed by atoms with van der Waals surface area (Å²) in [6.07, 6.45) is 1.06. The summed E-state index contributed by atoms with van der Waals surface area (Å²) in [5, 5.41) is 24.2. The quantitative estimate of drug-likeness (QED) is 0.666. The smallest absolute Gasteiger partial charge is 0.206 e. The molecule has 1 N–H and O–H groups in total. The van der Waals surface area contributed by atoms with Gasteiger partial charge in [0.05, 0.1) is 11.4 Å². The van der Waals surface area contributed by atoms with E-state index in [4.69, 9.17) is 0 Å². The number of hydrogen-bond donors (Lipinski definition) is 1. The third kappa shape index (κ3) is 3.60. The molecule has 0 aliphatic rings. The van der Waals surface area contributed by atoms with Gasteiger partial charge in [0.25, 0.3) is 0 Å². The van der Waals surface area contributed by atoms with Crippen molar-refractivity contribution in [1.82, 2.24) is 30.4 Å². The normalized spacial score (nSPS) is 10.8. The molecule has 0 saturated carbocycles. The second kappa shape index (κ2) is 7.32. The van der Waals surface area contributed by atoms with Crippen molar-refractivity contribution in [3.63, 3.8) is 0 Å². The first kappa shape index (κ1) is 14.9. The summed E-state index contributed by atoms with van der Waals surface area (Å²) in [7, 11) is 0. The molecule has 0 unspecified atom stereocenters. The van der Waals surface area contributed by atoms with Gasteiger partial charge in [-0.25, -0.2) is 0 Å². The van der Waals surface area contributed by atoms with Crippen LogP contribution < -0.4 is 5.32 Å². The molecule has 0 amide bonds. The topological polar surface area (TPSA) is 81.4 Å². The van der Waals surface area contributed by atoms with E-state index in [1.165, 1.54) is 0 Å². The summed E-state index contributed by atoms with van der Waals surface area (Å²) in [5.74, 6) is 1.43. The van der Waals surface area contributed by atoms with E-state index in [-0.39, 0.29) is 0 Å². The van der Waals surface area contributed by atoms with Gasteiger partial charge in [0.2, 0.25) is 5.13 Å². The number of nitrogens with one attached hydrogen (secondary N) is 1. The van der Waals surface area contributed by atoms with Gasteiger partial charge >= 0.3 is 0 Å². The Morgan fingerprint density at radius 3 is 2.86 bits per heavy atom. The average Bonchev–Trinajstić information content (AvgIpc) is 3.21. The Kier molecular flexibility index (Phi) is 4.96. The molecule has 0 saturated heterocycles. The van der Waals surface area contributed by atoms with Crippen molar-refractivity contribution in [2.45, 2.75) is 23.4 Å². The van der Waals surface area contributed by atoms with E-state index in [0.29, 0.717) is 5.75 Å². The van der Waals surface area contributed by atoms with Crippen LogP contribution in [-0.2, 0) is 5.75 Å². The molecule has 0 bridgehead atoms. The number of tetrazole rings is 1. The molecule has 7 nitrogen and oxygen atoms in total. The number of thioether (sulfide) groups is 1. The van der Waals surface area contributed by atoms with Crippen LogP contribution in [0.3, 0.4) is 0 Å². The lowest BCUT2D eigenvalue weighted by atomic mass is 10.3. The molecule has 0 radical (unpaired) electrons. The van der Waals surface area contributed by atoms with Gasteiger partial charge < -0.3 is 5.32 Å². The number of rotatable bonds is 7. The van der Waals surface area contributed by atoms with Crippen LogP contribution in [0.15, 0.2) is 34.7 Å². The van der Waals surface area contributed by atoms with Crippen molar-refractivity contribution < 1.29 is 0 Å². The van der Waals surface area contributed by atoms with Crippen LogP contribution >= 0.6 is 23.1 Å². The summed E-state index contributed by atoms with van der Waals surface area (Å²) in [6.45, 7) is 3.03. The molecule has 3 rings (SSSR count). The fourth-order valence-electron chi connectivity index (χ4n) is 1.76. The van der Waals surface area contributed by atoms with E-state index >= 15 is 0 Å². The molecule has 0 aliphatic carbocycles. The van der Waals surface area contributed by atoms with Crippen molar-refractivity contribution in [2.24, 2.45) is 0 Å². The summed E-state index contributed by atoms with van der Waals surface area (Å²) < 4.78 is 2.64. The largest absolute Gasteiger partial charge is 0.360 e. The molecule has 0 spiro atoms. The molecule has 22 heavy (non-hydrogen) atoms. The standard InChI is InChI=1S/C13H15N7S2/c1-2-8-14-12-16-17-13(22-12)21-9-11-15-18-19-20(11)10-6-4-3-5-7-10/h3-7H,2,8-9H2,1H3,(H,14,16). The summed E-state index contributed by atoms with van der Waals surface area (Å²) in [5.41, 5.74) is 0.950. The summed E-state index contributed by atoms with van der Waals surface area (Å²) >= 11 is 3.13. The van der Waals surface area contributed by atoms with E-state index in [9.17, 15) is 0 Å². The highest BCUT2D eigenvalue weighted by molar-refractivity contribution is 8.00. The number of para-hydroxylation sites is 1. The Bertz CT molecular complexity index is 710. The maximum Gasteiger partial charge on any atom is 0.206 e. The van der Waals surface area contributed by atoms with Crippen LogP contribution in [0, 0.1) is 0 Å². The summed E-state index contributed by atoms with van der Waals surface area (Å²) in [4.78, 5) is 0. The predicted molar refractivity (Wildman–Crippen MR) is 87.4 cm³/mol. The molecule has 2 aromatic heterocycles. The minimum Gasteiger partial charge on any atom is -0.360 e. The number of anilines is 1. The number of aromatic nitrogens is 6. The summed E-state index contributed by atoms with van der Waals surface area (Å²) in [6, 6.07) is 9.84. The maximum absolute atomic E-state index is 4.16. The zero-order chi connectivity index (χ0) is 15.2. The monoisotopic (exact) mass is 333 g/mol. The highest BCUT2D eigenvalue weighted by atomic mass is 32.2. The lowest BCUT2D eigenvalue weighted by molar-refractivity contribution is 0.777. The number of hydrogen-bond acceptors (Lipinski definition) is 8. The van der Waals surface area contributed by atoms with Crippen LogP contribution in [0.4, 0.5) is 5.13 Å².